The van der Waals surface area contributed by atoms with Crippen molar-refractivity contribution in [3.63, 3.8) is 0 Å². The Balaban J connectivity index is 2.03. The molecule has 1 aliphatic rings. The predicted octanol–water partition coefficient (Wildman–Crippen LogP) is 1.92. The van der Waals surface area contributed by atoms with E-state index in [2.05, 4.69) is 4.90 Å². The molecule has 1 N–H and O–H groups in total. The number of anilines is 1. The van der Waals surface area contributed by atoms with E-state index in [0.717, 1.165) is 37.4 Å². The molecule has 19 heavy (non-hydrogen) atoms. The molecule has 1 unspecified atom stereocenters. The topological polar surface area (TPSA) is 41.9 Å². The van der Waals surface area contributed by atoms with Crippen LogP contribution in [0.15, 0.2) is 24.3 Å². The molecule has 0 aromatic heterocycles. The highest BCUT2D eigenvalue weighted by Gasteiger charge is 2.33. The molecule has 2 rings (SSSR count). The standard InChI is InChI=1S/C15H23NO3/c1-16(13-4-6-14(18-2)7-5-13)10-15(11-17)8-3-9-19-12-15/h4-7,17H,3,8-12H2,1-2H3. The van der Waals surface area contributed by atoms with E-state index in [9.17, 15) is 5.11 Å². The van der Waals surface area contributed by atoms with Crippen LogP contribution >= 0.6 is 0 Å². The van der Waals surface area contributed by atoms with Gasteiger partial charge in [0, 0.05) is 31.3 Å². The van der Waals surface area contributed by atoms with Crippen molar-refractivity contribution in [2.75, 3.05) is 45.4 Å². The minimum Gasteiger partial charge on any atom is -0.497 e. The third-order valence-electron chi connectivity index (χ3n) is 3.83. The number of ether oxygens (including phenoxy) is 2. The zero-order valence-electron chi connectivity index (χ0n) is 11.8. The van der Waals surface area contributed by atoms with E-state index in [1.807, 2.05) is 31.3 Å². The summed E-state index contributed by atoms with van der Waals surface area (Å²) in [5.74, 6) is 0.857. The highest BCUT2D eigenvalue weighted by molar-refractivity contribution is 5.48. The molecule has 1 heterocycles. The van der Waals surface area contributed by atoms with Crippen molar-refractivity contribution in [3.05, 3.63) is 24.3 Å². The van der Waals surface area contributed by atoms with Gasteiger partial charge in [0.25, 0.3) is 0 Å². The van der Waals surface area contributed by atoms with Crippen LogP contribution in [0.4, 0.5) is 5.69 Å². The van der Waals surface area contributed by atoms with Gasteiger partial charge in [0.2, 0.25) is 0 Å². The van der Waals surface area contributed by atoms with Crippen LogP contribution in [-0.4, -0.2) is 45.6 Å². The van der Waals surface area contributed by atoms with Crippen molar-refractivity contribution < 1.29 is 14.6 Å². The molecular formula is C15H23NO3. The van der Waals surface area contributed by atoms with Crippen LogP contribution in [0, 0.1) is 5.41 Å². The Morgan fingerprint density at radius 2 is 2.11 bits per heavy atom. The number of aliphatic hydroxyl groups is 1. The molecule has 1 fully saturated rings. The fourth-order valence-electron chi connectivity index (χ4n) is 2.64. The highest BCUT2D eigenvalue weighted by atomic mass is 16.5. The largest absolute Gasteiger partial charge is 0.497 e. The van der Waals surface area contributed by atoms with Gasteiger partial charge in [-0.1, -0.05) is 0 Å². The molecule has 0 radical (unpaired) electrons. The Labute approximate surface area is 114 Å². The van der Waals surface area contributed by atoms with Gasteiger partial charge in [0.15, 0.2) is 0 Å². The minimum atomic E-state index is -0.132. The molecule has 4 heteroatoms. The molecular weight excluding hydrogens is 242 g/mol. The maximum atomic E-state index is 9.69. The lowest BCUT2D eigenvalue weighted by atomic mass is 9.83. The first-order valence-electron chi connectivity index (χ1n) is 6.73. The number of hydrogen-bond donors (Lipinski definition) is 1. The second-order valence-electron chi connectivity index (χ2n) is 5.37. The summed E-state index contributed by atoms with van der Waals surface area (Å²) in [6.07, 6.45) is 2.04. The van der Waals surface area contributed by atoms with E-state index < -0.39 is 0 Å². The molecule has 1 aromatic rings. The Kier molecular flexibility index (Phi) is 4.66. The van der Waals surface area contributed by atoms with E-state index >= 15 is 0 Å². The molecule has 0 aliphatic carbocycles. The summed E-state index contributed by atoms with van der Waals surface area (Å²) in [7, 11) is 3.71. The smallest absolute Gasteiger partial charge is 0.119 e. The summed E-state index contributed by atoms with van der Waals surface area (Å²) >= 11 is 0. The zero-order chi connectivity index (χ0) is 13.7. The lowest BCUT2D eigenvalue weighted by molar-refractivity contribution is -0.0331. The second kappa shape index (κ2) is 6.26. The quantitative estimate of drug-likeness (QED) is 0.883. The summed E-state index contributed by atoms with van der Waals surface area (Å²) < 4.78 is 10.7. The third kappa shape index (κ3) is 3.39. The van der Waals surface area contributed by atoms with Gasteiger partial charge in [-0.05, 0) is 37.1 Å². The first-order chi connectivity index (χ1) is 9.19. The SMILES string of the molecule is COc1ccc(N(C)CC2(CO)CCCOC2)cc1. The number of aliphatic hydroxyl groups excluding tert-OH is 1. The molecule has 1 saturated heterocycles. The van der Waals surface area contributed by atoms with E-state index in [0.29, 0.717) is 6.61 Å². The van der Waals surface area contributed by atoms with E-state index in [1.54, 1.807) is 7.11 Å². The Bertz CT molecular complexity index is 385. The Hall–Kier alpha value is -1.26. The van der Waals surface area contributed by atoms with Crippen LogP contribution in [0.25, 0.3) is 0 Å². The van der Waals surface area contributed by atoms with Gasteiger partial charge in [-0.15, -0.1) is 0 Å². The summed E-state index contributed by atoms with van der Waals surface area (Å²) in [6, 6.07) is 7.98. The maximum absolute atomic E-state index is 9.69. The summed E-state index contributed by atoms with van der Waals surface area (Å²) in [5, 5.41) is 9.69. The molecule has 4 nitrogen and oxygen atoms in total. The molecule has 1 aliphatic heterocycles. The van der Waals surface area contributed by atoms with Gasteiger partial charge in [0.1, 0.15) is 5.75 Å². The van der Waals surface area contributed by atoms with Crippen molar-refractivity contribution in [1.82, 2.24) is 0 Å². The first-order valence-corrected chi connectivity index (χ1v) is 6.73. The molecule has 0 saturated carbocycles. The van der Waals surface area contributed by atoms with Crippen LogP contribution in [0.1, 0.15) is 12.8 Å². The molecule has 0 bridgehead atoms. The van der Waals surface area contributed by atoms with Crippen molar-refractivity contribution in [2.24, 2.45) is 5.41 Å². The molecule has 0 spiro atoms. The number of methoxy groups -OCH3 is 1. The lowest BCUT2D eigenvalue weighted by Crippen LogP contribution is -2.44. The molecule has 1 atom stereocenters. The fraction of sp³-hybridized carbons (Fsp3) is 0.600. The maximum Gasteiger partial charge on any atom is 0.119 e. The predicted molar refractivity (Wildman–Crippen MR) is 75.8 cm³/mol. The van der Waals surface area contributed by atoms with Crippen LogP contribution in [0.3, 0.4) is 0 Å². The van der Waals surface area contributed by atoms with Crippen molar-refractivity contribution in [3.8, 4) is 5.75 Å². The number of rotatable bonds is 5. The first kappa shape index (κ1) is 14.2. The number of benzene rings is 1. The molecule has 106 valence electrons. The average molecular weight is 265 g/mol. The average Bonchev–Trinajstić information content (AvgIpc) is 2.48. The zero-order valence-corrected chi connectivity index (χ0v) is 11.8. The van der Waals surface area contributed by atoms with Gasteiger partial charge >= 0.3 is 0 Å². The summed E-state index contributed by atoms with van der Waals surface area (Å²) in [6.45, 7) is 2.43. The van der Waals surface area contributed by atoms with Crippen LogP contribution < -0.4 is 9.64 Å². The minimum absolute atomic E-state index is 0.132. The normalized spacial score (nSPS) is 23.1. The van der Waals surface area contributed by atoms with Gasteiger partial charge < -0.3 is 19.5 Å². The monoisotopic (exact) mass is 265 g/mol. The van der Waals surface area contributed by atoms with Crippen molar-refractivity contribution in [1.29, 1.82) is 0 Å². The van der Waals surface area contributed by atoms with Gasteiger partial charge in [-0.3, -0.25) is 0 Å². The van der Waals surface area contributed by atoms with Crippen molar-refractivity contribution in [2.45, 2.75) is 12.8 Å². The van der Waals surface area contributed by atoms with Crippen LogP contribution in [0.2, 0.25) is 0 Å². The van der Waals surface area contributed by atoms with Crippen molar-refractivity contribution >= 4 is 5.69 Å². The molecule has 1 aromatic carbocycles. The van der Waals surface area contributed by atoms with Gasteiger partial charge in [0.05, 0.1) is 20.3 Å². The Morgan fingerprint density at radius 1 is 1.37 bits per heavy atom. The highest BCUT2D eigenvalue weighted by Crippen LogP contribution is 2.30. The van der Waals surface area contributed by atoms with E-state index in [1.165, 1.54) is 0 Å². The fourth-order valence-corrected chi connectivity index (χ4v) is 2.64. The third-order valence-corrected chi connectivity index (χ3v) is 3.83. The number of nitrogens with zero attached hydrogens (tertiary/aromatic N) is 1. The molecule has 0 amide bonds. The summed E-state index contributed by atoms with van der Waals surface area (Å²) in [4.78, 5) is 2.17. The van der Waals surface area contributed by atoms with E-state index in [-0.39, 0.29) is 12.0 Å². The summed E-state index contributed by atoms with van der Waals surface area (Å²) in [5.41, 5.74) is 0.992. The Morgan fingerprint density at radius 3 is 2.63 bits per heavy atom. The number of hydrogen-bond acceptors (Lipinski definition) is 4. The van der Waals surface area contributed by atoms with Gasteiger partial charge in [-0.2, -0.15) is 0 Å². The van der Waals surface area contributed by atoms with Crippen LogP contribution in [0.5, 0.6) is 5.75 Å². The lowest BCUT2D eigenvalue weighted by Gasteiger charge is -2.39. The van der Waals surface area contributed by atoms with Crippen LogP contribution in [-0.2, 0) is 4.74 Å². The second-order valence-corrected chi connectivity index (χ2v) is 5.37. The van der Waals surface area contributed by atoms with Gasteiger partial charge in [-0.25, -0.2) is 0 Å². The van der Waals surface area contributed by atoms with E-state index in [4.69, 9.17) is 9.47 Å².